The normalized spacial score (nSPS) is 14.6. The van der Waals surface area contributed by atoms with Crippen LogP contribution in [0.2, 0.25) is 5.02 Å². The zero-order valence-corrected chi connectivity index (χ0v) is 22.0. The predicted octanol–water partition coefficient (Wildman–Crippen LogP) is 6.66. The Bertz CT molecular complexity index is 1340. The van der Waals surface area contributed by atoms with E-state index < -0.39 is 0 Å². The second-order valence-electron chi connectivity index (χ2n) is 9.65. The van der Waals surface area contributed by atoms with Crippen LogP contribution in [0.4, 0.5) is 0 Å². The molecule has 0 aliphatic carbocycles. The van der Waals surface area contributed by atoms with E-state index >= 15 is 0 Å². The smallest absolute Gasteiger partial charge is 0.169 e. The molecule has 1 aliphatic heterocycles. The van der Waals surface area contributed by atoms with Gasteiger partial charge in [0, 0.05) is 48.2 Å². The van der Waals surface area contributed by atoms with E-state index in [-0.39, 0.29) is 11.9 Å². The topological polar surface area (TPSA) is 43.7 Å². The number of carbonyl (C=O) groups is 1. The van der Waals surface area contributed by atoms with Gasteiger partial charge in [0.05, 0.1) is 12.6 Å². The van der Waals surface area contributed by atoms with Gasteiger partial charge in [-0.2, -0.15) is 0 Å². The summed E-state index contributed by atoms with van der Waals surface area (Å²) in [7, 11) is 1.69. The molecule has 0 radical (unpaired) electrons. The van der Waals surface area contributed by atoms with Gasteiger partial charge >= 0.3 is 0 Å². The number of halogens is 1. The highest BCUT2D eigenvalue weighted by Crippen LogP contribution is 2.31. The van der Waals surface area contributed by atoms with Crippen LogP contribution in [0, 0.1) is 0 Å². The Kier molecular flexibility index (Phi) is 8.12. The molecule has 5 nitrogen and oxygen atoms in total. The van der Waals surface area contributed by atoms with Crippen molar-refractivity contribution in [3.8, 4) is 11.5 Å². The van der Waals surface area contributed by atoms with Crippen molar-refractivity contribution in [2.75, 3.05) is 26.7 Å². The van der Waals surface area contributed by atoms with Crippen LogP contribution in [0.25, 0.3) is 10.9 Å². The molecule has 0 unspecified atom stereocenters. The molecule has 0 spiro atoms. The number of hydrogen-bond acceptors (Lipinski definition) is 4. The fourth-order valence-electron chi connectivity index (χ4n) is 5.21. The minimum absolute atomic E-state index is 0.130. The van der Waals surface area contributed by atoms with E-state index in [1.165, 1.54) is 0 Å². The molecule has 1 saturated heterocycles. The molecule has 4 aromatic rings. The van der Waals surface area contributed by atoms with Gasteiger partial charge in [0.2, 0.25) is 0 Å². The maximum absolute atomic E-state index is 13.3. The third kappa shape index (κ3) is 6.17. The third-order valence-electron chi connectivity index (χ3n) is 7.10. The zero-order valence-electron chi connectivity index (χ0n) is 21.2. The second kappa shape index (κ2) is 11.8. The monoisotopic (exact) mass is 516 g/mol. The van der Waals surface area contributed by atoms with E-state index in [1.54, 1.807) is 7.11 Å². The summed E-state index contributed by atoms with van der Waals surface area (Å²) in [6, 6.07) is 23.5. The van der Waals surface area contributed by atoms with Crippen LogP contribution in [0.15, 0.2) is 79.0 Å². The number of para-hydroxylation sites is 1. The fourth-order valence-corrected chi connectivity index (χ4v) is 5.39. The van der Waals surface area contributed by atoms with Crippen molar-refractivity contribution in [1.29, 1.82) is 0 Å². The summed E-state index contributed by atoms with van der Waals surface area (Å²) in [5.74, 6) is 1.78. The molecule has 1 aromatic heterocycles. The Morgan fingerprint density at radius 2 is 1.76 bits per heavy atom. The minimum Gasteiger partial charge on any atom is -0.495 e. The SMILES string of the molecule is COc1cccc2c(C(=O)Cc3ccccc3)cn(CCCN3CCC(Oc4cccc(Cl)c4)CC3)c12. The molecule has 192 valence electrons. The summed E-state index contributed by atoms with van der Waals surface area (Å²) in [6.07, 6.45) is 5.64. The van der Waals surface area contributed by atoms with E-state index in [9.17, 15) is 4.79 Å². The van der Waals surface area contributed by atoms with Crippen LogP contribution in [-0.4, -0.2) is 48.1 Å². The van der Waals surface area contributed by atoms with Gasteiger partial charge < -0.3 is 18.9 Å². The maximum Gasteiger partial charge on any atom is 0.169 e. The van der Waals surface area contributed by atoms with Crippen LogP contribution < -0.4 is 9.47 Å². The molecule has 0 bridgehead atoms. The van der Waals surface area contributed by atoms with E-state index in [2.05, 4.69) is 9.47 Å². The van der Waals surface area contributed by atoms with Crippen molar-refractivity contribution in [2.24, 2.45) is 0 Å². The van der Waals surface area contributed by atoms with Crippen molar-refractivity contribution in [2.45, 2.75) is 38.3 Å². The van der Waals surface area contributed by atoms with Crippen molar-refractivity contribution >= 4 is 28.3 Å². The van der Waals surface area contributed by atoms with Crippen molar-refractivity contribution in [1.82, 2.24) is 9.47 Å². The summed E-state index contributed by atoms with van der Waals surface area (Å²) in [4.78, 5) is 15.8. The molecule has 0 atom stereocenters. The molecule has 0 amide bonds. The van der Waals surface area contributed by atoms with E-state index in [4.69, 9.17) is 21.1 Å². The molecule has 1 aliphatic rings. The highest BCUT2D eigenvalue weighted by molar-refractivity contribution is 6.30. The van der Waals surface area contributed by atoms with Gasteiger partial charge in [0.25, 0.3) is 0 Å². The number of Topliss-reactive ketones (excluding diaryl/α,β-unsaturated/α-hetero) is 1. The number of fused-ring (bicyclic) bond motifs is 1. The Labute approximate surface area is 223 Å². The molecule has 1 fully saturated rings. The quantitative estimate of drug-likeness (QED) is 0.221. The highest BCUT2D eigenvalue weighted by atomic mass is 35.5. The number of methoxy groups -OCH3 is 1. The highest BCUT2D eigenvalue weighted by Gasteiger charge is 2.21. The number of aryl methyl sites for hydroxylation is 1. The molecule has 5 rings (SSSR count). The van der Waals surface area contributed by atoms with Gasteiger partial charge in [0.1, 0.15) is 17.6 Å². The van der Waals surface area contributed by atoms with E-state index in [0.29, 0.717) is 11.4 Å². The molecular weight excluding hydrogens is 484 g/mol. The Morgan fingerprint density at radius 3 is 2.51 bits per heavy atom. The standard InChI is InChI=1S/C31H33ClN2O3/c1-36-30-13-6-12-27-28(29(35)20-23-8-3-2-4-9-23)22-34(31(27)30)17-7-16-33-18-14-25(15-19-33)37-26-11-5-10-24(32)21-26/h2-6,8-13,21-22,25H,7,14-20H2,1H3. The number of carbonyl (C=O) groups excluding carboxylic acids is 1. The molecule has 6 heteroatoms. The van der Waals surface area contributed by atoms with Crippen LogP contribution in [0.5, 0.6) is 11.5 Å². The molecule has 0 N–H and O–H groups in total. The molecule has 37 heavy (non-hydrogen) atoms. The number of nitrogens with zero attached hydrogens (tertiary/aromatic N) is 2. The lowest BCUT2D eigenvalue weighted by atomic mass is 10.0. The number of benzene rings is 3. The van der Waals surface area contributed by atoms with Crippen molar-refractivity contribution < 1.29 is 14.3 Å². The molecule has 0 saturated carbocycles. The summed E-state index contributed by atoms with van der Waals surface area (Å²) < 4.78 is 14.0. The number of ether oxygens (including phenoxy) is 2. The van der Waals surface area contributed by atoms with E-state index in [1.807, 2.05) is 79.0 Å². The molecule has 2 heterocycles. The summed E-state index contributed by atoms with van der Waals surface area (Å²) >= 11 is 6.09. The fraction of sp³-hybridized carbons (Fsp3) is 0.323. The van der Waals surface area contributed by atoms with Gasteiger partial charge in [-0.3, -0.25) is 4.79 Å². The van der Waals surface area contributed by atoms with Gasteiger partial charge in [-0.05, 0) is 55.6 Å². The number of likely N-dealkylation sites (tertiary alicyclic amines) is 1. The average Bonchev–Trinajstić information content (AvgIpc) is 3.29. The first kappa shape index (κ1) is 25.4. The van der Waals surface area contributed by atoms with Crippen LogP contribution >= 0.6 is 11.6 Å². The van der Waals surface area contributed by atoms with Gasteiger partial charge in [-0.15, -0.1) is 0 Å². The Morgan fingerprint density at radius 1 is 0.973 bits per heavy atom. The Balaban J connectivity index is 1.21. The van der Waals surface area contributed by atoms with E-state index in [0.717, 1.165) is 79.0 Å². The van der Waals surface area contributed by atoms with Crippen LogP contribution in [0.1, 0.15) is 35.2 Å². The summed E-state index contributed by atoms with van der Waals surface area (Å²) in [5.41, 5.74) is 2.78. The maximum atomic E-state index is 13.3. The third-order valence-corrected chi connectivity index (χ3v) is 7.33. The predicted molar refractivity (Wildman–Crippen MR) is 149 cm³/mol. The summed E-state index contributed by atoms with van der Waals surface area (Å²) in [6.45, 7) is 3.87. The number of piperidine rings is 1. The van der Waals surface area contributed by atoms with Crippen molar-refractivity contribution in [3.63, 3.8) is 0 Å². The lowest BCUT2D eigenvalue weighted by Crippen LogP contribution is -2.38. The van der Waals surface area contributed by atoms with Crippen LogP contribution in [-0.2, 0) is 13.0 Å². The first-order chi connectivity index (χ1) is 18.1. The lowest BCUT2D eigenvalue weighted by Gasteiger charge is -2.32. The first-order valence-electron chi connectivity index (χ1n) is 13.0. The second-order valence-corrected chi connectivity index (χ2v) is 10.1. The number of rotatable bonds is 10. The van der Waals surface area contributed by atoms with Gasteiger partial charge in [0.15, 0.2) is 5.78 Å². The van der Waals surface area contributed by atoms with Gasteiger partial charge in [-0.1, -0.05) is 60.1 Å². The van der Waals surface area contributed by atoms with Gasteiger partial charge in [-0.25, -0.2) is 0 Å². The molecule has 3 aromatic carbocycles. The number of ketones is 1. The number of hydrogen-bond donors (Lipinski definition) is 0. The molecular formula is C31H33ClN2O3. The summed E-state index contributed by atoms with van der Waals surface area (Å²) in [5, 5.41) is 1.66. The lowest BCUT2D eigenvalue weighted by molar-refractivity contribution is 0.0993. The largest absolute Gasteiger partial charge is 0.495 e. The first-order valence-corrected chi connectivity index (χ1v) is 13.4. The minimum atomic E-state index is 0.130. The van der Waals surface area contributed by atoms with Crippen LogP contribution in [0.3, 0.4) is 0 Å². The Hall–Kier alpha value is -3.28. The number of aromatic nitrogens is 1. The zero-order chi connectivity index (χ0) is 25.6. The van der Waals surface area contributed by atoms with Crippen molar-refractivity contribution in [3.05, 3.63) is 95.1 Å². The average molecular weight is 517 g/mol.